The second-order valence-electron chi connectivity index (χ2n) is 2.87. The molecular weight excluding hydrogens is 138 g/mol. The lowest BCUT2D eigenvalue weighted by Gasteiger charge is -2.28. The van der Waals surface area contributed by atoms with Crippen LogP contribution < -0.4 is 5.73 Å². The van der Waals surface area contributed by atoms with Crippen LogP contribution in [0, 0.1) is 11.3 Å². The fraction of sp³-hybridized carbons (Fsp3) is 0.875. The SMILES string of the molecule is CC1CCCN(C=N)C1.CN. The number of likely N-dealkylation sites (tertiary alicyclic amines) is 1. The number of nitrogens with zero attached hydrogens (tertiary/aromatic N) is 1. The van der Waals surface area contributed by atoms with E-state index < -0.39 is 0 Å². The number of hydrogen-bond donors (Lipinski definition) is 2. The zero-order valence-electron chi connectivity index (χ0n) is 7.51. The zero-order chi connectivity index (χ0) is 8.69. The normalized spacial score (nSPS) is 23.5. The van der Waals surface area contributed by atoms with Gasteiger partial charge in [-0.05, 0) is 25.8 Å². The van der Waals surface area contributed by atoms with E-state index in [4.69, 9.17) is 5.41 Å². The molecule has 0 aromatic heterocycles. The van der Waals surface area contributed by atoms with Crippen molar-refractivity contribution >= 4 is 6.34 Å². The fourth-order valence-electron chi connectivity index (χ4n) is 1.34. The minimum atomic E-state index is 0.792. The second kappa shape index (κ2) is 6.16. The summed E-state index contributed by atoms with van der Waals surface area (Å²) >= 11 is 0. The van der Waals surface area contributed by atoms with Crippen molar-refractivity contribution in [1.29, 1.82) is 5.41 Å². The van der Waals surface area contributed by atoms with Crippen LogP contribution in [0.3, 0.4) is 0 Å². The van der Waals surface area contributed by atoms with Crippen LogP contribution in [0.1, 0.15) is 19.8 Å². The molecule has 1 rings (SSSR count). The summed E-state index contributed by atoms with van der Waals surface area (Å²) < 4.78 is 0. The third-order valence-corrected chi connectivity index (χ3v) is 1.87. The summed E-state index contributed by atoms with van der Waals surface area (Å²) in [6, 6.07) is 0. The molecule has 1 unspecified atom stereocenters. The van der Waals surface area contributed by atoms with E-state index in [9.17, 15) is 0 Å². The summed E-state index contributed by atoms with van der Waals surface area (Å²) in [6.07, 6.45) is 4.05. The number of hydrogen-bond acceptors (Lipinski definition) is 2. The molecule has 0 saturated carbocycles. The minimum Gasteiger partial charge on any atom is -0.363 e. The van der Waals surface area contributed by atoms with Crippen LogP contribution in [0.5, 0.6) is 0 Å². The maximum absolute atomic E-state index is 6.99. The van der Waals surface area contributed by atoms with Crippen molar-refractivity contribution in [3.8, 4) is 0 Å². The van der Waals surface area contributed by atoms with Crippen molar-refractivity contribution in [3.05, 3.63) is 0 Å². The first kappa shape index (κ1) is 10.4. The topological polar surface area (TPSA) is 53.1 Å². The minimum absolute atomic E-state index is 0.792. The molecule has 0 aliphatic carbocycles. The van der Waals surface area contributed by atoms with Gasteiger partial charge in [-0.1, -0.05) is 6.92 Å². The van der Waals surface area contributed by atoms with Gasteiger partial charge in [-0.2, -0.15) is 0 Å². The van der Waals surface area contributed by atoms with Crippen LogP contribution in [0.15, 0.2) is 0 Å². The maximum Gasteiger partial charge on any atom is 0.0817 e. The molecule has 3 nitrogen and oxygen atoms in total. The van der Waals surface area contributed by atoms with Crippen molar-refractivity contribution in [3.63, 3.8) is 0 Å². The summed E-state index contributed by atoms with van der Waals surface area (Å²) in [5, 5.41) is 6.99. The van der Waals surface area contributed by atoms with E-state index in [1.165, 1.54) is 26.2 Å². The fourth-order valence-corrected chi connectivity index (χ4v) is 1.34. The molecule has 1 aliphatic heterocycles. The number of rotatable bonds is 1. The zero-order valence-corrected chi connectivity index (χ0v) is 7.51. The van der Waals surface area contributed by atoms with Gasteiger partial charge in [0.15, 0.2) is 0 Å². The molecule has 11 heavy (non-hydrogen) atoms. The van der Waals surface area contributed by atoms with E-state index in [1.807, 2.05) is 0 Å². The molecule has 1 saturated heterocycles. The summed E-state index contributed by atoms with van der Waals surface area (Å²) in [4.78, 5) is 2.08. The van der Waals surface area contributed by atoms with Crippen molar-refractivity contribution in [2.24, 2.45) is 11.7 Å². The lowest BCUT2D eigenvalue weighted by molar-refractivity contribution is 0.278. The smallest absolute Gasteiger partial charge is 0.0817 e. The highest BCUT2D eigenvalue weighted by Gasteiger charge is 2.12. The lowest BCUT2D eigenvalue weighted by Crippen LogP contribution is -2.32. The van der Waals surface area contributed by atoms with Crippen molar-refractivity contribution in [2.45, 2.75) is 19.8 Å². The maximum atomic E-state index is 6.99. The lowest BCUT2D eigenvalue weighted by atomic mass is 10.0. The highest BCUT2D eigenvalue weighted by atomic mass is 15.1. The van der Waals surface area contributed by atoms with Gasteiger partial charge in [-0.25, -0.2) is 0 Å². The van der Waals surface area contributed by atoms with Gasteiger partial charge in [0.1, 0.15) is 0 Å². The molecule has 66 valence electrons. The molecule has 1 aliphatic rings. The average molecular weight is 157 g/mol. The standard InChI is InChI=1S/C7H14N2.CH5N/c1-7-3-2-4-9(5-7)6-8;1-2/h6-8H,2-5H2,1H3;2H2,1H3. The van der Waals surface area contributed by atoms with Gasteiger partial charge in [0.2, 0.25) is 0 Å². The van der Waals surface area contributed by atoms with E-state index in [-0.39, 0.29) is 0 Å². The molecule has 0 bridgehead atoms. The Labute approximate surface area is 69.1 Å². The Morgan fingerprint density at radius 2 is 2.18 bits per heavy atom. The van der Waals surface area contributed by atoms with Gasteiger partial charge in [-0.3, -0.25) is 5.41 Å². The summed E-state index contributed by atoms with van der Waals surface area (Å²) in [7, 11) is 1.50. The van der Waals surface area contributed by atoms with Crippen molar-refractivity contribution < 1.29 is 0 Å². The molecule has 1 heterocycles. The molecule has 3 heteroatoms. The highest BCUT2D eigenvalue weighted by molar-refractivity contribution is 5.50. The van der Waals surface area contributed by atoms with Crippen LogP contribution in [0.2, 0.25) is 0 Å². The van der Waals surface area contributed by atoms with Gasteiger partial charge in [0.25, 0.3) is 0 Å². The Morgan fingerprint density at radius 3 is 2.55 bits per heavy atom. The van der Waals surface area contributed by atoms with Crippen LogP contribution >= 0.6 is 0 Å². The Bertz CT molecular complexity index is 104. The van der Waals surface area contributed by atoms with Crippen LogP contribution in [-0.4, -0.2) is 31.4 Å². The van der Waals surface area contributed by atoms with E-state index in [2.05, 4.69) is 17.6 Å². The number of nitrogens with one attached hydrogen (secondary N) is 1. The summed E-state index contributed by atoms with van der Waals surface area (Å²) in [5.74, 6) is 0.792. The van der Waals surface area contributed by atoms with E-state index >= 15 is 0 Å². The molecular formula is C8H19N3. The van der Waals surface area contributed by atoms with E-state index in [1.54, 1.807) is 0 Å². The van der Waals surface area contributed by atoms with Gasteiger partial charge < -0.3 is 10.6 Å². The van der Waals surface area contributed by atoms with Crippen LogP contribution in [0.4, 0.5) is 0 Å². The quantitative estimate of drug-likeness (QED) is 0.439. The first-order valence-electron chi connectivity index (χ1n) is 4.15. The monoisotopic (exact) mass is 157 g/mol. The summed E-state index contributed by atoms with van der Waals surface area (Å²) in [6.45, 7) is 4.42. The van der Waals surface area contributed by atoms with Gasteiger partial charge in [-0.15, -0.1) is 0 Å². The predicted molar refractivity (Wildman–Crippen MR) is 48.9 cm³/mol. The largest absolute Gasteiger partial charge is 0.363 e. The predicted octanol–water partition coefficient (Wildman–Crippen LogP) is 0.900. The van der Waals surface area contributed by atoms with Crippen molar-refractivity contribution in [2.75, 3.05) is 20.1 Å². The molecule has 1 atom stereocenters. The first-order valence-corrected chi connectivity index (χ1v) is 4.15. The van der Waals surface area contributed by atoms with E-state index in [0.717, 1.165) is 19.0 Å². The average Bonchev–Trinajstić information content (AvgIpc) is 2.08. The molecule has 1 fully saturated rings. The summed E-state index contributed by atoms with van der Waals surface area (Å²) in [5.41, 5.74) is 4.50. The van der Waals surface area contributed by atoms with Gasteiger partial charge >= 0.3 is 0 Å². The molecule has 3 N–H and O–H groups in total. The third-order valence-electron chi connectivity index (χ3n) is 1.87. The first-order chi connectivity index (χ1) is 5.33. The highest BCUT2D eigenvalue weighted by Crippen LogP contribution is 2.13. The molecule has 0 aromatic rings. The Kier molecular flexibility index (Phi) is 5.84. The number of nitrogens with two attached hydrogens (primary N) is 1. The van der Waals surface area contributed by atoms with Gasteiger partial charge in [0.05, 0.1) is 6.34 Å². The van der Waals surface area contributed by atoms with Crippen molar-refractivity contribution in [1.82, 2.24) is 4.90 Å². The van der Waals surface area contributed by atoms with Gasteiger partial charge in [0, 0.05) is 13.1 Å². The third kappa shape index (κ3) is 3.98. The number of piperidine rings is 1. The Hall–Kier alpha value is -0.570. The molecule has 0 amide bonds. The second-order valence-corrected chi connectivity index (χ2v) is 2.87. The Morgan fingerprint density at radius 1 is 1.55 bits per heavy atom. The Balaban J connectivity index is 0.000000461. The van der Waals surface area contributed by atoms with Crippen LogP contribution in [0.25, 0.3) is 0 Å². The van der Waals surface area contributed by atoms with E-state index in [0.29, 0.717) is 0 Å². The van der Waals surface area contributed by atoms with Crippen LogP contribution in [-0.2, 0) is 0 Å². The molecule has 0 aromatic carbocycles. The molecule has 0 spiro atoms. The molecule has 0 radical (unpaired) electrons.